The number of amides is 1. The summed E-state index contributed by atoms with van der Waals surface area (Å²) in [6.07, 6.45) is 7.71. The summed E-state index contributed by atoms with van der Waals surface area (Å²) < 4.78 is 2.05. The lowest BCUT2D eigenvalue weighted by Crippen LogP contribution is -2.40. The lowest BCUT2D eigenvalue weighted by Gasteiger charge is -2.32. The molecule has 1 saturated heterocycles. The summed E-state index contributed by atoms with van der Waals surface area (Å²) in [7, 11) is 0. The number of carbonyl (C=O) groups is 1. The third-order valence-electron chi connectivity index (χ3n) is 5.91. The fourth-order valence-electron chi connectivity index (χ4n) is 4.43. The Morgan fingerprint density at radius 2 is 2.04 bits per heavy atom. The Bertz CT molecular complexity index is 1010. The smallest absolute Gasteiger partial charge is 0.232 e. The zero-order valence-electron chi connectivity index (χ0n) is 15.9. The number of carbonyl (C=O) groups excluding carboxylic acids is 1. The zero-order valence-corrected chi connectivity index (χ0v) is 16.7. The van der Waals surface area contributed by atoms with Gasteiger partial charge in [0.05, 0.1) is 5.75 Å². The fourth-order valence-corrected chi connectivity index (χ4v) is 5.29. The van der Waals surface area contributed by atoms with Crippen LogP contribution in [-0.2, 0) is 17.6 Å². The van der Waals surface area contributed by atoms with Crippen LogP contribution in [0.25, 0.3) is 5.65 Å². The second kappa shape index (κ2) is 7.59. The number of thioether (sulfide) groups is 1. The van der Waals surface area contributed by atoms with Crippen LogP contribution in [-0.4, -0.2) is 44.2 Å². The quantitative estimate of drug-likeness (QED) is 0.635. The maximum absolute atomic E-state index is 12.8. The molecule has 0 saturated carbocycles. The maximum Gasteiger partial charge on any atom is 0.232 e. The van der Waals surface area contributed by atoms with Gasteiger partial charge in [-0.05, 0) is 67.5 Å². The predicted molar refractivity (Wildman–Crippen MR) is 111 cm³/mol. The van der Waals surface area contributed by atoms with Crippen LogP contribution < -0.4 is 0 Å². The molecule has 1 fully saturated rings. The molecule has 3 heterocycles. The van der Waals surface area contributed by atoms with Gasteiger partial charge in [-0.15, -0.1) is 22.0 Å². The third kappa shape index (κ3) is 3.41. The molecule has 1 aliphatic carbocycles. The summed E-state index contributed by atoms with van der Waals surface area (Å²) in [6, 6.07) is 12.6. The Balaban J connectivity index is 1.24. The van der Waals surface area contributed by atoms with E-state index in [4.69, 9.17) is 0 Å². The monoisotopic (exact) mass is 392 g/mol. The van der Waals surface area contributed by atoms with Crippen molar-refractivity contribution in [2.24, 2.45) is 0 Å². The molecule has 3 aromatic rings. The number of piperidine rings is 1. The molecular formula is C22H24N4OS. The van der Waals surface area contributed by atoms with Gasteiger partial charge in [-0.25, -0.2) is 0 Å². The second-order valence-electron chi connectivity index (χ2n) is 7.74. The van der Waals surface area contributed by atoms with E-state index in [1.54, 1.807) is 11.8 Å². The third-order valence-corrected chi connectivity index (χ3v) is 6.89. The largest absolute Gasteiger partial charge is 0.341 e. The van der Waals surface area contributed by atoms with Gasteiger partial charge >= 0.3 is 0 Å². The van der Waals surface area contributed by atoms with Crippen LogP contribution in [0, 0.1) is 0 Å². The van der Waals surface area contributed by atoms with Crippen molar-refractivity contribution in [3.63, 3.8) is 0 Å². The van der Waals surface area contributed by atoms with Crippen LogP contribution in [0.15, 0.2) is 47.5 Å². The summed E-state index contributed by atoms with van der Waals surface area (Å²) in [6.45, 7) is 1.58. The Labute approximate surface area is 169 Å². The van der Waals surface area contributed by atoms with Crippen LogP contribution in [0.5, 0.6) is 0 Å². The number of benzene rings is 1. The highest BCUT2D eigenvalue weighted by atomic mass is 32.2. The molecule has 0 unspecified atom stereocenters. The van der Waals surface area contributed by atoms with Crippen molar-refractivity contribution in [3.8, 4) is 0 Å². The first kappa shape index (κ1) is 17.7. The first-order chi connectivity index (χ1) is 13.8. The van der Waals surface area contributed by atoms with Gasteiger partial charge in [0.15, 0.2) is 5.65 Å². The van der Waals surface area contributed by atoms with E-state index < -0.39 is 0 Å². The summed E-state index contributed by atoms with van der Waals surface area (Å²) >= 11 is 1.67. The minimum absolute atomic E-state index is 0.226. The summed E-state index contributed by atoms with van der Waals surface area (Å²) in [5.74, 6) is 1.95. The number of aryl methyl sites for hydroxylation is 2. The van der Waals surface area contributed by atoms with Crippen molar-refractivity contribution in [1.29, 1.82) is 0 Å². The topological polar surface area (TPSA) is 50.5 Å². The number of aromatic nitrogens is 3. The molecule has 1 atom stereocenters. The van der Waals surface area contributed by atoms with Gasteiger partial charge in [0.2, 0.25) is 5.91 Å². The van der Waals surface area contributed by atoms with Crippen molar-refractivity contribution < 1.29 is 4.79 Å². The van der Waals surface area contributed by atoms with Crippen LogP contribution >= 0.6 is 11.8 Å². The molecule has 5 rings (SSSR count). The SMILES string of the molecule is O=C(CSc1ccc2c(c1)CCC2)N1CCC[C@@H](c2nnc3ccccn23)C1. The molecule has 5 nitrogen and oxygen atoms in total. The fraction of sp³-hybridized carbons (Fsp3) is 0.409. The van der Waals surface area contributed by atoms with Crippen LogP contribution in [0.2, 0.25) is 0 Å². The first-order valence-electron chi connectivity index (χ1n) is 10.1. The average Bonchev–Trinajstić information content (AvgIpc) is 3.38. The normalized spacial score (nSPS) is 19.1. The Kier molecular flexibility index (Phi) is 4.81. The number of pyridine rings is 1. The van der Waals surface area contributed by atoms with Crippen LogP contribution in [0.3, 0.4) is 0 Å². The number of fused-ring (bicyclic) bond motifs is 2. The minimum Gasteiger partial charge on any atom is -0.341 e. The van der Waals surface area contributed by atoms with E-state index in [2.05, 4.69) is 32.8 Å². The Morgan fingerprint density at radius 3 is 3.00 bits per heavy atom. The van der Waals surface area contributed by atoms with Crippen molar-refractivity contribution in [1.82, 2.24) is 19.5 Å². The number of rotatable bonds is 4. The van der Waals surface area contributed by atoms with E-state index in [0.29, 0.717) is 5.75 Å². The number of hydrogen-bond acceptors (Lipinski definition) is 4. The Morgan fingerprint density at radius 1 is 1.11 bits per heavy atom. The standard InChI is InChI=1S/C22H24N4OS/c27-21(15-28-19-10-9-16-5-3-6-17(16)13-19)25-11-4-7-18(14-25)22-24-23-20-8-1-2-12-26(20)22/h1-2,8-10,12-13,18H,3-7,11,14-15H2/t18-/m1/s1. The first-order valence-corrected chi connectivity index (χ1v) is 11.1. The van der Waals surface area contributed by atoms with Crippen molar-refractivity contribution >= 4 is 23.3 Å². The molecule has 2 aromatic heterocycles. The van der Waals surface area contributed by atoms with Gasteiger partial charge in [0, 0.05) is 30.1 Å². The minimum atomic E-state index is 0.226. The lowest BCUT2D eigenvalue weighted by atomic mass is 9.97. The van der Waals surface area contributed by atoms with E-state index in [1.165, 1.54) is 35.3 Å². The highest BCUT2D eigenvalue weighted by Crippen LogP contribution is 2.29. The number of hydrogen-bond donors (Lipinski definition) is 0. The molecule has 6 heteroatoms. The summed E-state index contributed by atoms with van der Waals surface area (Å²) in [5, 5.41) is 8.68. The average molecular weight is 393 g/mol. The molecule has 2 aliphatic rings. The maximum atomic E-state index is 12.8. The molecule has 0 N–H and O–H groups in total. The van der Waals surface area contributed by atoms with E-state index in [0.717, 1.165) is 37.4 Å². The van der Waals surface area contributed by atoms with Gasteiger partial charge in [0.25, 0.3) is 0 Å². The molecule has 1 amide bonds. The predicted octanol–water partition coefficient (Wildman–Crippen LogP) is 3.72. The van der Waals surface area contributed by atoms with Gasteiger partial charge in [-0.1, -0.05) is 12.1 Å². The molecular weight excluding hydrogens is 368 g/mol. The van der Waals surface area contributed by atoms with E-state index in [9.17, 15) is 4.79 Å². The molecule has 144 valence electrons. The van der Waals surface area contributed by atoms with Crippen molar-refractivity contribution in [2.75, 3.05) is 18.8 Å². The van der Waals surface area contributed by atoms with Gasteiger partial charge in [-0.3, -0.25) is 9.20 Å². The summed E-state index contributed by atoms with van der Waals surface area (Å²) in [5.41, 5.74) is 3.82. The lowest BCUT2D eigenvalue weighted by molar-refractivity contribution is -0.129. The van der Waals surface area contributed by atoms with Crippen LogP contribution in [0.4, 0.5) is 0 Å². The van der Waals surface area contributed by atoms with Gasteiger partial charge in [0.1, 0.15) is 5.82 Å². The second-order valence-corrected chi connectivity index (χ2v) is 8.79. The van der Waals surface area contributed by atoms with E-state index in [-0.39, 0.29) is 11.8 Å². The van der Waals surface area contributed by atoms with Gasteiger partial charge in [-0.2, -0.15) is 0 Å². The molecule has 28 heavy (non-hydrogen) atoms. The van der Waals surface area contributed by atoms with E-state index in [1.807, 2.05) is 29.3 Å². The molecule has 1 aliphatic heterocycles. The molecule has 1 aromatic carbocycles. The highest BCUT2D eigenvalue weighted by molar-refractivity contribution is 8.00. The molecule has 0 bridgehead atoms. The van der Waals surface area contributed by atoms with E-state index >= 15 is 0 Å². The number of likely N-dealkylation sites (tertiary alicyclic amines) is 1. The molecule has 0 spiro atoms. The van der Waals surface area contributed by atoms with Gasteiger partial charge < -0.3 is 4.90 Å². The molecule has 0 radical (unpaired) electrons. The van der Waals surface area contributed by atoms with Crippen molar-refractivity contribution in [2.45, 2.75) is 42.9 Å². The van der Waals surface area contributed by atoms with Crippen molar-refractivity contribution in [3.05, 3.63) is 59.5 Å². The summed E-state index contributed by atoms with van der Waals surface area (Å²) in [4.78, 5) is 16.1. The number of nitrogens with zero attached hydrogens (tertiary/aromatic N) is 4. The highest BCUT2D eigenvalue weighted by Gasteiger charge is 2.27. The van der Waals surface area contributed by atoms with Crippen LogP contribution in [0.1, 0.15) is 42.1 Å². The Hall–Kier alpha value is -2.34. The zero-order chi connectivity index (χ0) is 18.9.